The largest absolute Gasteiger partial charge is 0.370 e. The quantitative estimate of drug-likeness (QED) is 0.0613. The third kappa shape index (κ3) is 9.04. The Bertz CT molecular complexity index is 888. The molecule has 1 fully saturated rings. The van der Waals surface area contributed by atoms with Gasteiger partial charge in [0.05, 0.1) is 11.8 Å². The average molecular weight is 509 g/mol. The van der Waals surface area contributed by atoms with Gasteiger partial charge in [-0.05, 0) is 38.2 Å². The van der Waals surface area contributed by atoms with Crippen LogP contribution in [0.15, 0.2) is 35.3 Å². The van der Waals surface area contributed by atoms with E-state index in [1.807, 2.05) is 30.3 Å². The third-order valence-corrected chi connectivity index (χ3v) is 6.11. The van der Waals surface area contributed by atoms with E-state index in [0.717, 1.165) is 5.56 Å². The Kier molecular flexibility index (Phi) is 10.8. The van der Waals surface area contributed by atoms with Gasteiger partial charge in [-0.1, -0.05) is 30.3 Å². The van der Waals surface area contributed by atoms with E-state index < -0.39 is 29.8 Å². The van der Waals surface area contributed by atoms with Crippen LogP contribution in [0.5, 0.6) is 0 Å². The van der Waals surface area contributed by atoms with E-state index in [4.69, 9.17) is 11.5 Å². The van der Waals surface area contributed by atoms with Crippen LogP contribution in [0.1, 0.15) is 38.2 Å². The van der Waals surface area contributed by atoms with Gasteiger partial charge in [0.1, 0.15) is 12.1 Å². The van der Waals surface area contributed by atoms with E-state index in [1.165, 1.54) is 11.8 Å². The van der Waals surface area contributed by atoms with Crippen molar-refractivity contribution < 1.29 is 24.6 Å². The van der Waals surface area contributed by atoms with Crippen LogP contribution in [0.4, 0.5) is 0 Å². The molecule has 1 aliphatic heterocycles. The van der Waals surface area contributed by atoms with Crippen molar-refractivity contribution in [2.24, 2.45) is 16.5 Å². The maximum atomic E-state index is 13.4. The molecule has 0 unspecified atom stereocenters. The Labute approximate surface area is 210 Å². The van der Waals surface area contributed by atoms with Crippen molar-refractivity contribution in [3.8, 4) is 0 Å². The maximum Gasteiger partial charge on any atom is 0.246 e. The van der Waals surface area contributed by atoms with E-state index in [1.54, 1.807) is 0 Å². The summed E-state index contributed by atoms with van der Waals surface area (Å²) in [5, 5.41) is 25.7. The van der Waals surface area contributed by atoms with E-state index >= 15 is 0 Å². The first kappa shape index (κ1) is 28.4. The lowest BCUT2D eigenvalue weighted by molar-refractivity contribution is -0.174. The number of hydrogen-bond donors (Lipinski definition) is 7. The molecular formula is C23H36N6O5S. The van der Waals surface area contributed by atoms with E-state index in [9.17, 15) is 24.6 Å². The van der Waals surface area contributed by atoms with E-state index in [2.05, 4.69) is 28.3 Å². The fourth-order valence-corrected chi connectivity index (χ4v) is 4.14. The van der Waals surface area contributed by atoms with Crippen LogP contribution in [0, 0.1) is 0 Å². The molecule has 0 spiro atoms. The highest BCUT2D eigenvalue weighted by Gasteiger charge is 2.40. The number of nitrogens with zero attached hydrogens (tertiary/aromatic N) is 2. The molecular weight excluding hydrogens is 472 g/mol. The van der Waals surface area contributed by atoms with Gasteiger partial charge in [-0.3, -0.25) is 19.4 Å². The smallest absolute Gasteiger partial charge is 0.246 e. The van der Waals surface area contributed by atoms with Crippen molar-refractivity contribution >= 4 is 36.3 Å². The van der Waals surface area contributed by atoms with Crippen molar-refractivity contribution in [1.82, 2.24) is 15.5 Å². The van der Waals surface area contributed by atoms with Crippen LogP contribution in [-0.4, -0.2) is 81.5 Å². The number of rotatable bonds is 12. The van der Waals surface area contributed by atoms with Gasteiger partial charge < -0.3 is 37.2 Å². The SMILES string of the molecule is CC(O)(O)[C@H](CCCN=C(N)N)NC(=O)[C@@H]1CCCN1C(=O)[C@@H](Cc1ccccc1)NC(=O)CS. The number of thiol groups is 1. The highest BCUT2D eigenvalue weighted by molar-refractivity contribution is 7.81. The monoisotopic (exact) mass is 508 g/mol. The maximum absolute atomic E-state index is 13.4. The second kappa shape index (κ2) is 13.3. The Morgan fingerprint density at radius 1 is 1.23 bits per heavy atom. The van der Waals surface area contributed by atoms with Gasteiger partial charge in [-0.15, -0.1) is 0 Å². The number of carbonyl (C=O) groups is 3. The molecule has 12 heteroatoms. The van der Waals surface area contributed by atoms with Gasteiger partial charge in [0, 0.05) is 19.5 Å². The first-order chi connectivity index (χ1) is 16.5. The molecule has 1 saturated heterocycles. The molecule has 2 rings (SSSR count). The van der Waals surface area contributed by atoms with Gasteiger partial charge >= 0.3 is 0 Å². The number of nitrogens with one attached hydrogen (secondary N) is 2. The number of guanidine groups is 1. The molecule has 1 aromatic carbocycles. The number of aliphatic hydroxyl groups is 2. The van der Waals surface area contributed by atoms with E-state index in [0.29, 0.717) is 25.8 Å². The summed E-state index contributed by atoms with van der Waals surface area (Å²) in [6.45, 7) is 1.80. The normalized spacial score (nSPS) is 17.4. The van der Waals surface area contributed by atoms with Crippen molar-refractivity contribution in [3.05, 3.63) is 35.9 Å². The highest BCUT2D eigenvalue weighted by atomic mass is 32.1. The second-order valence-corrected chi connectivity index (χ2v) is 9.08. The van der Waals surface area contributed by atoms with Crippen LogP contribution in [-0.2, 0) is 20.8 Å². The van der Waals surface area contributed by atoms with Gasteiger partial charge in [-0.2, -0.15) is 12.6 Å². The molecule has 1 aliphatic rings. The number of carbonyl (C=O) groups excluding carboxylic acids is 3. The number of nitrogens with two attached hydrogens (primary N) is 2. The number of hydrogen-bond acceptors (Lipinski definition) is 7. The summed E-state index contributed by atoms with van der Waals surface area (Å²) in [6.07, 6.45) is 1.91. The van der Waals surface area contributed by atoms with Crippen LogP contribution < -0.4 is 22.1 Å². The molecule has 3 amide bonds. The number of amides is 3. The molecule has 8 N–H and O–H groups in total. The Morgan fingerprint density at radius 2 is 1.91 bits per heavy atom. The van der Waals surface area contributed by atoms with Crippen molar-refractivity contribution in [1.29, 1.82) is 0 Å². The van der Waals surface area contributed by atoms with Gasteiger partial charge in [0.25, 0.3) is 0 Å². The standard InChI is InChI=1S/C23H36N6O5S/c1-23(33,34)18(10-5-11-26-22(24)25)28-20(31)17-9-6-12-29(17)21(32)16(27-19(30)14-35)13-15-7-3-2-4-8-15/h2-4,7-8,16-18,33-35H,5-6,9-14H2,1H3,(H,27,30)(H,28,31)(H4,24,25,26)/t16-,17+,18+/m1/s1. The minimum Gasteiger partial charge on any atom is -0.370 e. The second-order valence-electron chi connectivity index (χ2n) is 8.76. The number of likely N-dealkylation sites (tertiary alicyclic amines) is 1. The molecule has 0 bridgehead atoms. The first-order valence-electron chi connectivity index (χ1n) is 11.6. The predicted octanol–water partition coefficient (Wildman–Crippen LogP) is -1.13. The predicted molar refractivity (Wildman–Crippen MR) is 135 cm³/mol. The average Bonchev–Trinajstić information content (AvgIpc) is 3.29. The van der Waals surface area contributed by atoms with Crippen molar-refractivity contribution in [2.75, 3.05) is 18.8 Å². The summed E-state index contributed by atoms with van der Waals surface area (Å²) in [7, 11) is 0. The zero-order chi connectivity index (χ0) is 26.0. The van der Waals surface area contributed by atoms with Crippen LogP contribution >= 0.6 is 12.6 Å². The summed E-state index contributed by atoms with van der Waals surface area (Å²) in [6, 6.07) is 6.62. The summed E-state index contributed by atoms with van der Waals surface area (Å²) in [5.41, 5.74) is 11.5. The van der Waals surface area contributed by atoms with Crippen LogP contribution in [0.2, 0.25) is 0 Å². The fourth-order valence-electron chi connectivity index (χ4n) is 4.05. The lowest BCUT2D eigenvalue weighted by Crippen LogP contribution is -2.58. The minimum absolute atomic E-state index is 0.0727. The Balaban J connectivity index is 2.12. The Morgan fingerprint density at radius 3 is 2.51 bits per heavy atom. The van der Waals surface area contributed by atoms with Crippen molar-refractivity contribution in [3.63, 3.8) is 0 Å². The van der Waals surface area contributed by atoms with E-state index in [-0.39, 0.29) is 42.9 Å². The lowest BCUT2D eigenvalue weighted by atomic mass is 10.0. The molecule has 0 aliphatic carbocycles. The molecule has 0 saturated carbocycles. The zero-order valence-electron chi connectivity index (χ0n) is 19.9. The molecule has 3 atom stereocenters. The summed E-state index contributed by atoms with van der Waals surface area (Å²) >= 11 is 3.99. The van der Waals surface area contributed by atoms with Gasteiger partial charge in [-0.25, -0.2) is 0 Å². The number of benzene rings is 1. The summed E-state index contributed by atoms with van der Waals surface area (Å²) in [4.78, 5) is 43.9. The minimum atomic E-state index is -2.18. The highest BCUT2D eigenvalue weighted by Crippen LogP contribution is 2.21. The number of aliphatic imine (C=N–C) groups is 1. The first-order valence-corrected chi connectivity index (χ1v) is 12.2. The van der Waals surface area contributed by atoms with Crippen LogP contribution in [0.25, 0.3) is 0 Å². The summed E-state index contributed by atoms with van der Waals surface area (Å²) < 4.78 is 0. The molecule has 1 aromatic rings. The molecule has 0 aromatic heterocycles. The zero-order valence-corrected chi connectivity index (χ0v) is 20.8. The van der Waals surface area contributed by atoms with Crippen LogP contribution in [0.3, 0.4) is 0 Å². The molecule has 35 heavy (non-hydrogen) atoms. The summed E-state index contributed by atoms with van der Waals surface area (Å²) in [5.74, 6) is -3.58. The molecule has 194 valence electrons. The van der Waals surface area contributed by atoms with Gasteiger partial charge in [0.15, 0.2) is 11.7 Å². The third-order valence-electron chi connectivity index (χ3n) is 5.82. The topological polar surface area (TPSA) is 183 Å². The fraction of sp³-hybridized carbons (Fsp3) is 0.565. The lowest BCUT2D eigenvalue weighted by Gasteiger charge is -2.33. The molecule has 1 heterocycles. The Hall–Kier alpha value is -2.83. The molecule has 0 radical (unpaired) electrons. The van der Waals surface area contributed by atoms with Gasteiger partial charge in [0.2, 0.25) is 17.7 Å². The molecule has 11 nitrogen and oxygen atoms in total. The van der Waals surface area contributed by atoms with Crippen molar-refractivity contribution in [2.45, 2.75) is 62.9 Å².